The summed E-state index contributed by atoms with van der Waals surface area (Å²) in [6, 6.07) is 2.97. The third-order valence-corrected chi connectivity index (χ3v) is 4.73. The highest BCUT2D eigenvalue weighted by molar-refractivity contribution is 6.48. The van der Waals surface area contributed by atoms with Crippen molar-refractivity contribution in [1.82, 2.24) is 5.32 Å². The van der Waals surface area contributed by atoms with E-state index in [0.717, 1.165) is 6.92 Å². The molecule has 1 N–H and O–H groups in total. The number of benzene rings is 1. The van der Waals surface area contributed by atoms with Crippen LogP contribution in [0.1, 0.15) is 18.9 Å². The Labute approximate surface area is 119 Å². The SMILES string of the molecule is CC(F)(F)C1(c2cc(Cl)c(Cl)c(Cl)c2)CCNC1. The fourth-order valence-corrected chi connectivity index (χ4v) is 2.99. The topological polar surface area (TPSA) is 12.0 Å². The predicted molar refractivity (Wildman–Crippen MR) is 71.3 cm³/mol. The maximum Gasteiger partial charge on any atom is 0.256 e. The molecule has 0 aliphatic carbocycles. The number of hydrogen-bond acceptors (Lipinski definition) is 1. The molecule has 1 nitrogen and oxygen atoms in total. The molecule has 1 unspecified atom stereocenters. The summed E-state index contributed by atoms with van der Waals surface area (Å²) in [5.41, 5.74) is -0.843. The van der Waals surface area contributed by atoms with E-state index in [-0.39, 0.29) is 21.6 Å². The Hall–Kier alpha value is -0.0900. The first-order valence-electron chi connectivity index (χ1n) is 5.51. The van der Waals surface area contributed by atoms with E-state index < -0.39 is 11.3 Å². The Kier molecular flexibility index (Phi) is 3.81. The van der Waals surface area contributed by atoms with Gasteiger partial charge in [0.15, 0.2) is 0 Å². The molecular formula is C12H12Cl3F2N. The monoisotopic (exact) mass is 313 g/mol. The molecule has 0 bridgehead atoms. The van der Waals surface area contributed by atoms with Gasteiger partial charge >= 0.3 is 0 Å². The van der Waals surface area contributed by atoms with E-state index in [4.69, 9.17) is 34.8 Å². The van der Waals surface area contributed by atoms with Gasteiger partial charge < -0.3 is 5.32 Å². The molecule has 1 aromatic rings. The van der Waals surface area contributed by atoms with Gasteiger partial charge in [-0.1, -0.05) is 34.8 Å². The second kappa shape index (κ2) is 4.78. The van der Waals surface area contributed by atoms with E-state index in [9.17, 15) is 8.78 Å². The van der Waals surface area contributed by atoms with Gasteiger partial charge in [0.1, 0.15) is 0 Å². The van der Waals surface area contributed by atoms with Crippen molar-refractivity contribution in [3.05, 3.63) is 32.8 Å². The summed E-state index contributed by atoms with van der Waals surface area (Å²) >= 11 is 17.7. The summed E-state index contributed by atoms with van der Waals surface area (Å²) in [4.78, 5) is 0. The molecule has 6 heteroatoms. The van der Waals surface area contributed by atoms with E-state index in [1.807, 2.05) is 0 Å². The van der Waals surface area contributed by atoms with Crippen LogP contribution in [0.25, 0.3) is 0 Å². The van der Waals surface area contributed by atoms with Crippen LogP contribution in [0.2, 0.25) is 15.1 Å². The Bertz CT molecular complexity index is 442. The summed E-state index contributed by atoms with van der Waals surface area (Å²) in [7, 11) is 0. The lowest BCUT2D eigenvalue weighted by molar-refractivity contribution is -0.0540. The smallest absolute Gasteiger partial charge is 0.256 e. The lowest BCUT2D eigenvalue weighted by atomic mass is 9.75. The fraction of sp³-hybridized carbons (Fsp3) is 0.500. The van der Waals surface area contributed by atoms with Gasteiger partial charge in [0.25, 0.3) is 5.92 Å². The van der Waals surface area contributed by atoms with Crippen molar-refractivity contribution in [2.24, 2.45) is 0 Å². The van der Waals surface area contributed by atoms with Crippen LogP contribution < -0.4 is 5.32 Å². The highest BCUT2D eigenvalue weighted by atomic mass is 35.5. The van der Waals surface area contributed by atoms with E-state index in [2.05, 4.69) is 5.32 Å². The molecule has 0 aromatic heterocycles. The van der Waals surface area contributed by atoms with Gasteiger partial charge in [-0.25, -0.2) is 8.78 Å². The molecule has 0 amide bonds. The zero-order valence-electron chi connectivity index (χ0n) is 9.67. The predicted octanol–water partition coefficient (Wildman–Crippen LogP) is 4.53. The minimum atomic E-state index is -2.86. The maximum absolute atomic E-state index is 14.0. The van der Waals surface area contributed by atoms with Crippen LogP contribution >= 0.6 is 34.8 Å². The molecule has 1 aliphatic rings. The normalized spacial score (nSPS) is 24.6. The van der Waals surface area contributed by atoms with Gasteiger partial charge in [-0.2, -0.15) is 0 Å². The first-order chi connectivity index (χ1) is 8.28. The molecule has 1 saturated heterocycles. The second-order valence-electron chi connectivity index (χ2n) is 4.65. The van der Waals surface area contributed by atoms with Crippen molar-refractivity contribution >= 4 is 34.8 Å². The van der Waals surface area contributed by atoms with Gasteiger partial charge in [-0.05, 0) is 30.7 Å². The van der Waals surface area contributed by atoms with Crippen LogP contribution in [-0.4, -0.2) is 19.0 Å². The van der Waals surface area contributed by atoms with Gasteiger partial charge in [-0.3, -0.25) is 0 Å². The van der Waals surface area contributed by atoms with E-state index in [1.165, 1.54) is 12.1 Å². The minimum absolute atomic E-state index is 0.197. The first kappa shape index (κ1) is 14.3. The van der Waals surface area contributed by atoms with Crippen molar-refractivity contribution in [3.63, 3.8) is 0 Å². The van der Waals surface area contributed by atoms with Gasteiger partial charge in [-0.15, -0.1) is 0 Å². The number of hydrogen-bond donors (Lipinski definition) is 1. The third kappa shape index (κ3) is 2.22. The molecule has 18 heavy (non-hydrogen) atoms. The summed E-state index contributed by atoms with van der Waals surface area (Å²) in [5, 5.41) is 3.58. The number of alkyl halides is 2. The molecule has 1 atom stereocenters. The Morgan fingerprint density at radius 3 is 2.17 bits per heavy atom. The first-order valence-corrected chi connectivity index (χ1v) is 6.65. The second-order valence-corrected chi connectivity index (χ2v) is 5.84. The van der Waals surface area contributed by atoms with Crippen LogP contribution in [0, 0.1) is 0 Å². The molecule has 1 aliphatic heterocycles. The van der Waals surface area contributed by atoms with E-state index >= 15 is 0 Å². The Balaban J connectivity index is 2.57. The van der Waals surface area contributed by atoms with Crippen LogP contribution in [0.15, 0.2) is 12.1 Å². The Morgan fingerprint density at radius 1 is 1.22 bits per heavy atom. The van der Waals surface area contributed by atoms with Crippen molar-refractivity contribution in [1.29, 1.82) is 0 Å². The standard InChI is InChI=1S/C12H12Cl3F2N/c1-11(16,17)12(2-3-18-6-12)7-4-8(13)10(15)9(14)5-7/h4-5,18H,2-3,6H2,1H3. The molecule has 100 valence electrons. The van der Waals surface area contributed by atoms with Gasteiger partial charge in [0.05, 0.1) is 20.5 Å². The van der Waals surface area contributed by atoms with Crippen molar-refractivity contribution < 1.29 is 8.78 Å². The van der Waals surface area contributed by atoms with Crippen LogP contribution in [0.4, 0.5) is 8.78 Å². The molecule has 0 spiro atoms. The summed E-state index contributed by atoms with van der Waals surface area (Å²) in [6.07, 6.45) is 0.338. The largest absolute Gasteiger partial charge is 0.316 e. The highest BCUT2D eigenvalue weighted by Gasteiger charge is 2.53. The zero-order chi connectivity index (χ0) is 13.6. The molecule has 2 rings (SSSR count). The van der Waals surface area contributed by atoms with Crippen molar-refractivity contribution in [2.45, 2.75) is 24.7 Å². The lowest BCUT2D eigenvalue weighted by Crippen LogP contribution is -2.45. The summed E-state index contributed by atoms with van der Waals surface area (Å²) in [5.74, 6) is -2.86. The zero-order valence-corrected chi connectivity index (χ0v) is 11.9. The van der Waals surface area contributed by atoms with Gasteiger partial charge in [0, 0.05) is 13.5 Å². The number of rotatable bonds is 2. The average Bonchev–Trinajstić information content (AvgIpc) is 2.74. The summed E-state index contributed by atoms with van der Waals surface area (Å²) < 4.78 is 27.9. The highest BCUT2D eigenvalue weighted by Crippen LogP contribution is 2.46. The molecule has 1 heterocycles. The molecule has 1 aromatic carbocycles. The van der Waals surface area contributed by atoms with Crippen molar-refractivity contribution in [2.75, 3.05) is 13.1 Å². The molecule has 0 saturated carbocycles. The summed E-state index contributed by atoms with van der Waals surface area (Å²) in [6.45, 7) is 1.67. The molecular weight excluding hydrogens is 302 g/mol. The van der Waals surface area contributed by atoms with Crippen LogP contribution in [-0.2, 0) is 5.41 Å². The van der Waals surface area contributed by atoms with E-state index in [1.54, 1.807) is 0 Å². The average molecular weight is 315 g/mol. The number of halogens is 5. The van der Waals surface area contributed by atoms with Crippen LogP contribution in [0.5, 0.6) is 0 Å². The Morgan fingerprint density at radius 2 is 1.78 bits per heavy atom. The lowest BCUT2D eigenvalue weighted by Gasteiger charge is -2.35. The number of nitrogens with one attached hydrogen (secondary N) is 1. The maximum atomic E-state index is 14.0. The van der Waals surface area contributed by atoms with Crippen molar-refractivity contribution in [3.8, 4) is 0 Å². The third-order valence-electron chi connectivity index (χ3n) is 3.53. The minimum Gasteiger partial charge on any atom is -0.316 e. The molecule has 0 radical (unpaired) electrons. The quantitative estimate of drug-likeness (QED) is 0.791. The fourth-order valence-electron chi connectivity index (χ4n) is 2.40. The van der Waals surface area contributed by atoms with E-state index in [0.29, 0.717) is 18.5 Å². The van der Waals surface area contributed by atoms with Gasteiger partial charge in [0.2, 0.25) is 0 Å². The van der Waals surface area contributed by atoms with Crippen LogP contribution in [0.3, 0.4) is 0 Å². The molecule has 1 fully saturated rings.